The van der Waals surface area contributed by atoms with E-state index >= 15 is 0 Å². The predicted molar refractivity (Wildman–Crippen MR) is 86.7 cm³/mol. The van der Waals surface area contributed by atoms with Gasteiger partial charge in [-0.25, -0.2) is 9.48 Å². The number of carboxylic acid groups (broad SMARTS) is 1. The molecule has 0 radical (unpaired) electrons. The molecule has 1 aliphatic carbocycles. The summed E-state index contributed by atoms with van der Waals surface area (Å²) >= 11 is 0. The largest absolute Gasteiger partial charge is 0.480 e. The van der Waals surface area contributed by atoms with Gasteiger partial charge in [0.15, 0.2) is 0 Å². The normalized spacial score (nSPS) is 26.2. The first-order valence-electron chi connectivity index (χ1n) is 8.66. The van der Waals surface area contributed by atoms with Crippen LogP contribution in [-0.4, -0.2) is 43.7 Å². The van der Waals surface area contributed by atoms with Gasteiger partial charge in [0.05, 0.1) is 0 Å². The molecule has 7 heteroatoms. The van der Waals surface area contributed by atoms with Crippen LogP contribution in [0.2, 0.25) is 0 Å². The highest BCUT2D eigenvalue weighted by Crippen LogP contribution is 2.40. The first-order valence-corrected chi connectivity index (χ1v) is 8.66. The number of likely N-dealkylation sites (tertiary alicyclic amines) is 1. The second kappa shape index (κ2) is 6.75. The van der Waals surface area contributed by atoms with Crippen molar-refractivity contribution in [2.24, 2.45) is 5.92 Å². The Hall–Kier alpha value is -2.18. The molecule has 24 heavy (non-hydrogen) atoms. The Morgan fingerprint density at radius 1 is 1.29 bits per heavy atom. The molecule has 2 heterocycles. The van der Waals surface area contributed by atoms with Gasteiger partial charge in [0, 0.05) is 18.7 Å². The van der Waals surface area contributed by atoms with Crippen LogP contribution in [0.4, 0.5) is 0 Å². The van der Waals surface area contributed by atoms with E-state index in [0.717, 1.165) is 32.1 Å². The molecule has 1 saturated heterocycles. The fourth-order valence-electron chi connectivity index (χ4n) is 4.04. The highest BCUT2D eigenvalue weighted by atomic mass is 16.4. The number of carbonyl (C=O) groups is 2. The van der Waals surface area contributed by atoms with E-state index in [-0.39, 0.29) is 29.1 Å². The summed E-state index contributed by atoms with van der Waals surface area (Å²) in [6.07, 6.45) is 5.17. The molecule has 3 atom stereocenters. The van der Waals surface area contributed by atoms with Crippen molar-refractivity contribution in [2.75, 3.05) is 0 Å². The van der Waals surface area contributed by atoms with Crippen LogP contribution in [0.3, 0.4) is 0 Å². The van der Waals surface area contributed by atoms with E-state index in [1.54, 1.807) is 0 Å². The van der Waals surface area contributed by atoms with Crippen molar-refractivity contribution in [1.29, 1.82) is 0 Å². The molecule has 0 spiro atoms. The lowest BCUT2D eigenvalue weighted by atomic mass is 9.84. The van der Waals surface area contributed by atoms with Gasteiger partial charge in [-0.15, -0.1) is 0 Å². The molecule has 1 aromatic heterocycles. The van der Waals surface area contributed by atoms with Gasteiger partial charge in [0.1, 0.15) is 11.7 Å². The number of aliphatic carboxylic acids is 1. The Kier molecular flexibility index (Phi) is 4.69. The molecule has 2 aliphatic rings. The monoisotopic (exact) mass is 333 g/mol. The number of amides is 1. The quantitative estimate of drug-likeness (QED) is 0.901. The van der Waals surface area contributed by atoms with E-state index < -0.39 is 12.0 Å². The molecular formula is C17H23N3O4. The maximum Gasteiger partial charge on any atom is 0.326 e. The van der Waals surface area contributed by atoms with Gasteiger partial charge in [-0.05, 0) is 37.7 Å². The van der Waals surface area contributed by atoms with Crippen molar-refractivity contribution in [1.82, 2.24) is 14.7 Å². The maximum atomic E-state index is 13.0. The second-order valence-corrected chi connectivity index (χ2v) is 6.69. The highest BCUT2D eigenvalue weighted by Gasteiger charge is 2.48. The molecule has 0 bridgehead atoms. The Bertz CT molecular complexity index is 699. The van der Waals surface area contributed by atoms with Crippen molar-refractivity contribution in [3.8, 4) is 0 Å². The Morgan fingerprint density at radius 2 is 2.04 bits per heavy atom. The summed E-state index contributed by atoms with van der Waals surface area (Å²) < 4.78 is 1.28. The molecule has 1 N–H and O–H groups in total. The Morgan fingerprint density at radius 3 is 2.75 bits per heavy atom. The van der Waals surface area contributed by atoms with Crippen molar-refractivity contribution < 1.29 is 14.7 Å². The zero-order chi connectivity index (χ0) is 17.3. The van der Waals surface area contributed by atoms with Gasteiger partial charge in [-0.2, -0.15) is 5.10 Å². The average Bonchev–Trinajstić information content (AvgIpc) is 2.96. The average molecular weight is 333 g/mol. The molecule has 1 amide bonds. The van der Waals surface area contributed by atoms with Gasteiger partial charge < -0.3 is 10.0 Å². The third kappa shape index (κ3) is 2.95. The minimum Gasteiger partial charge on any atom is -0.480 e. The van der Waals surface area contributed by atoms with Crippen molar-refractivity contribution in [2.45, 2.75) is 64.1 Å². The van der Waals surface area contributed by atoms with Crippen LogP contribution < -0.4 is 5.56 Å². The van der Waals surface area contributed by atoms with Crippen LogP contribution in [0.5, 0.6) is 0 Å². The van der Waals surface area contributed by atoms with Crippen molar-refractivity contribution in [3.63, 3.8) is 0 Å². The number of rotatable bonds is 4. The fraction of sp³-hybridized carbons (Fsp3) is 0.647. The number of nitrogens with zero attached hydrogens (tertiary/aromatic N) is 3. The molecule has 1 aromatic rings. The van der Waals surface area contributed by atoms with Crippen LogP contribution in [0.15, 0.2) is 16.9 Å². The van der Waals surface area contributed by atoms with E-state index in [0.29, 0.717) is 13.0 Å². The minimum atomic E-state index is -0.959. The standard InChI is InChI=1S/C17H23N3O4/c1-2-9-19-15(21)8-7-12(18-19)16(22)20-13-6-4-3-5-11(13)10-14(20)17(23)24/h7-8,11,13-14H,2-6,9-10H2,1H3,(H,23,24)/t11-,13-,14+/m1/s1. The molecule has 1 aliphatic heterocycles. The smallest absolute Gasteiger partial charge is 0.326 e. The first kappa shape index (κ1) is 16.7. The fourth-order valence-corrected chi connectivity index (χ4v) is 4.04. The van der Waals surface area contributed by atoms with Crippen molar-refractivity contribution >= 4 is 11.9 Å². The molecule has 1 saturated carbocycles. The van der Waals surface area contributed by atoms with E-state index in [1.807, 2.05) is 6.92 Å². The number of fused-ring (bicyclic) bond motifs is 1. The molecule has 0 aromatic carbocycles. The van der Waals surface area contributed by atoms with Gasteiger partial charge >= 0.3 is 5.97 Å². The van der Waals surface area contributed by atoms with E-state index in [4.69, 9.17) is 0 Å². The molecule has 2 fully saturated rings. The Labute approximate surface area is 140 Å². The summed E-state index contributed by atoms with van der Waals surface area (Å²) in [4.78, 5) is 37.9. The third-order valence-corrected chi connectivity index (χ3v) is 5.13. The number of hydrogen-bond donors (Lipinski definition) is 1. The van der Waals surface area contributed by atoms with Gasteiger partial charge in [-0.3, -0.25) is 9.59 Å². The molecular weight excluding hydrogens is 310 g/mol. The summed E-state index contributed by atoms with van der Waals surface area (Å²) in [5.74, 6) is -1.08. The maximum absolute atomic E-state index is 13.0. The SMILES string of the molecule is CCCn1nc(C(=O)N2[C@@H]3CCCC[C@@H]3C[C@H]2C(=O)O)ccc1=O. The minimum absolute atomic E-state index is 0.0271. The number of aromatic nitrogens is 2. The number of carbonyl (C=O) groups excluding carboxylic acids is 1. The first-order chi connectivity index (χ1) is 11.5. The summed E-state index contributed by atoms with van der Waals surface area (Å²) in [6.45, 7) is 2.37. The van der Waals surface area contributed by atoms with E-state index in [1.165, 1.54) is 21.7 Å². The number of hydrogen-bond acceptors (Lipinski definition) is 4. The second-order valence-electron chi connectivity index (χ2n) is 6.69. The van der Waals surface area contributed by atoms with Gasteiger partial charge in [0.2, 0.25) is 0 Å². The number of aryl methyl sites for hydroxylation is 1. The number of carboxylic acids is 1. The summed E-state index contributed by atoms with van der Waals surface area (Å²) in [7, 11) is 0. The molecule has 130 valence electrons. The van der Waals surface area contributed by atoms with Crippen LogP contribution in [0.1, 0.15) is 55.9 Å². The summed E-state index contributed by atoms with van der Waals surface area (Å²) in [5, 5.41) is 13.7. The lowest BCUT2D eigenvalue weighted by Gasteiger charge is -2.32. The summed E-state index contributed by atoms with van der Waals surface area (Å²) in [5.41, 5.74) is -0.0966. The van der Waals surface area contributed by atoms with Crippen LogP contribution in [-0.2, 0) is 11.3 Å². The van der Waals surface area contributed by atoms with E-state index in [9.17, 15) is 19.5 Å². The third-order valence-electron chi connectivity index (χ3n) is 5.13. The zero-order valence-electron chi connectivity index (χ0n) is 13.9. The summed E-state index contributed by atoms with van der Waals surface area (Å²) in [6, 6.07) is 1.92. The predicted octanol–water partition coefficient (Wildman–Crippen LogP) is 1.51. The van der Waals surface area contributed by atoms with Crippen LogP contribution >= 0.6 is 0 Å². The molecule has 7 nitrogen and oxygen atoms in total. The van der Waals surface area contributed by atoms with Crippen molar-refractivity contribution in [3.05, 3.63) is 28.2 Å². The topological polar surface area (TPSA) is 92.5 Å². The van der Waals surface area contributed by atoms with Gasteiger partial charge in [-0.1, -0.05) is 19.8 Å². The Balaban J connectivity index is 1.93. The molecule has 0 unspecified atom stereocenters. The zero-order valence-corrected chi connectivity index (χ0v) is 13.9. The molecule has 3 rings (SSSR count). The highest BCUT2D eigenvalue weighted by molar-refractivity contribution is 5.95. The van der Waals surface area contributed by atoms with E-state index in [2.05, 4.69) is 5.10 Å². The lowest BCUT2D eigenvalue weighted by Crippen LogP contribution is -2.46. The van der Waals surface area contributed by atoms with Crippen LogP contribution in [0.25, 0.3) is 0 Å². The van der Waals surface area contributed by atoms with Gasteiger partial charge in [0.25, 0.3) is 11.5 Å². The van der Waals surface area contributed by atoms with Crippen LogP contribution in [0, 0.1) is 5.92 Å². The lowest BCUT2D eigenvalue weighted by molar-refractivity contribution is -0.141.